The number of rotatable bonds is 0. The number of carbonyl (C=O) groups is 1. The first-order chi connectivity index (χ1) is 11.7. The molecule has 0 aromatic rings. The highest BCUT2D eigenvalue weighted by Gasteiger charge is 3.02. The van der Waals surface area contributed by atoms with Gasteiger partial charge in [-0.3, -0.25) is 4.79 Å². The molecule has 8 aliphatic carbocycles. The minimum atomic E-state index is -0.707. The van der Waals surface area contributed by atoms with Crippen LogP contribution in [0.25, 0.3) is 0 Å². The van der Waals surface area contributed by atoms with Crippen LogP contribution in [-0.2, 0) is 14.3 Å². The standard InChI is InChI=1S/C20H22O4/c21-17-19-13-5-1-3-7-9(5)15-11(13)12-14(20(15,19)18(22)23-7)6-2-4-8(24-17)10(6)16(12)19/h5-17,21H,1-4H2/t5-,6+,7+,8-,9+,10-,11-,12+,13-,14+,15-,16+,17-,19+,20+/m0/s1. The van der Waals surface area contributed by atoms with Crippen molar-refractivity contribution in [2.24, 2.45) is 70.0 Å². The molecule has 4 heteroatoms. The van der Waals surface area contributed by atoms with Crippen LogP contribution in [0.5, 0.6) is 0 Å². The minimum Gasteiger partial charge on any atom is -0.462 e. The van der Waals surface area contributed by atoms with Crippen molar-refractivity contribution >= 4 is 5.97 Å². The third-order valence-electron chi connectivity index (χ3n) is 11.5. The molecule has 10 rings (SSSR count). The fourth-order valence-electron chi connectivity index (χ4n) is 12.3. The van der Waals surface area contributed by atoms with Crippen molar-refractivity contribution in [3.05, 3.63) is 0 Å². The van der Waals surface area contributed by atoms with Crippen LogP contribution in [-0.4, -0.2) is 29.6 Å². The third-order valence-corrected chi connectivity index (χ3v) is 11.5. The first kappa shape index (κ1) is 11.9. The lowest BCUT2D eigenvalue weighted by Gasteiger charge is -2.65. The van der Waals surface area contributed by atoms with E-state index < -0.39 is 6.29 Å². The molecular formula is C20H22O4. The molecule has 8 bridgehead atoms. The van der Waals surface area contributed by atoms with E-state index in [1.165, 1.54) is 12.8 Å². The average molecular weight is 326 g/mol. The van der Waals surface area contributed by atoms with E-state index in [2.05, 4.69) is 0 Å². The van der Waals surface area contributed by atoms with Gasteiger partial charge in [-0.1, -0.05) is 0 Å². The molecule has 2 aliphatic heterocycles. The van der Waals surface area contributed by atoms with Gasteiger partial charge in [0.15, 0.2) is 6.29 Å². The quantitative estimate of drug-likeness (QED) is 0.684. The van der Waals surface area contributed by atoms with E-state index in [0.717, 1.165) is 12.8 Å². The predicted molar refractivity (Wildman–Crippen MR) is 79.0 cm³/mol. The van der Waals surface area contributed by atoms with Crippen molar-refractivity contribution < 1.29 is 19.4 Å². The van der Waals surface area contributed by atoms with Crippen molar-refractivity contribution in [3.8, 4) is 0 Å². The first-order valence-electron chi connectivity index (χ1n) is 10.3. The second-order valence-corrected chi connectivity index (χ2v) is 10.7. The highest BCUT2D eigenvalue weighted by Crippen LogP contribution is 2.99. The van der Waals surface area contributed by atoms with Gasteiger partial charge in [0, 0.05) is 11.3 Å². The van der Waals surface area contributed by atoms with Crippen LogP contribution in [0.3, 0.4) is 0 Å². The van der Waals surface area contributed by atoms with Gasteiger partial charge in [-0.15, -0.1) is 0 Å². The Morgan fingerprint density at radius 1 is 0.833 bits per heavy atom. The van der Waals surface area contributed by atoms with Crippen LogP contribution in [0, 0.1) is 70.0 Å². The highest BCUT2D eigenvalue weighted by atomic mass is 16.6. The Morgan fingerprint density at radius 2 is 1.54 bits per heavy atom. The molecule has 0 aromatic carbocycles. The molecule has 2 heterocycles. The Kier molecular flexibility index (Phi) is 1.44. The van der Waals surface area contributed by atoms with Gasteiger partial charge in [0.25, 0.3) is 0 Å². The van der Waals surface area contributed by atoms with E-state index in [9.17, 15) is 9.90 Å². The molecule has 1 N–H and O–H groups in total. The predicted octanol–water partition coefficient (Wildman–Crippen LogP) is 1.42. The Labute approximate surface area is 140 Å². The number of aliphatic hydroxyl groups is 1. The molecule has 10 fully saturated rings. The summed E-state index contributed by atoms with van der Waals surface area (Å²) in [7, 11) is 0. The molecular weight excluding hydrogens is 304 g/mol. The molecule has 2 saturated heterocycles. The van der Waals surface area contributed by atoms with E-state index >= 15 is 0 Å². The fraction of sp³-hybridized carbons (Fsp3) is 0.950. The summed E-state index contributed by atoms with van der Waals surface area (Å²) < 4.78 is 12.4. The lowest BCUT2D eigenvalue weighted by molar-refractivity contribution is -0.335. The number of hydrogen-bond donors (Lipinski definition) is 1. The van der Waals surface area contributed by atoms with Gasteiger partial charge < -0.3 is 14.6 Å². The van der Waals surface area contributed by atoms with Crippen LogP contribution in [0.4, 0.5) is 0 Å². The monoisotopic (exact) mass is 326 g/mol. The van der Waals surface area contributed by atoms with E-state index in [1.54, 1.807) is 0 Å². The zero-order valence-corrected chi connectivity index (χ0v) is 13.5. The van der Waals surface area contributed by atoms with Crippen molar-refractivity contribution in [2.75, 3.05) is 0 Å². The van der Waals surface area contributed by atoms with Gasteiger partial charge in [-0.05, 0) is 78.9 Å². The summed E-state index contributed by atoms with van der Waals surface area (Å²) in [6.45, 7) is 0. The average Bonchev–Trinajstić information content (AvgIpc) is 3.34. The zero-order valence-electron chi connectivity index (χ0n) is 13.5. The molecule has 15 atom stereocenters. The minimum absolute atomic E-state index is 0.100. The number of esters is 1. The lowest BCUT2D eigenvalue weighted by atomic mass is 9.42. The maximum atomic E-state index is 13.6. The lowest BCUT2D eigenvalue weighted by Crippen LogP contribution is -2.72. The number of ether oxygens (including phenoxy) is 2. The van der Waals surface area contributed by atoms with E-state index in [4.69, 9.17) is 9.47 Å². The summed E-state index contributed by atoms with van der Waals surface area (Å²) in [5.74, 6) is 6.37. The molecule has 0 unspecified atom stereocenters. The number of hydrogen-bond acceptors (Lipinski definition) is 4. The molecule has 4 nitrogen and oxygen atoms in total. The summed E-state index contributed by atoms with van der Waals surface area (Å²) in [5.41, 5.74) is -0.608. The summed E-state index contributed by atoms with van der Waals surface area (Å²) in [5, 5.41) is 11.4. The fourth-order valence-corrected chi connectivity index (χ4v) is 12.3. The molecule has 126 valence electrons. The zero-order chi connectivity index (χ0) is 15.3. The van der Waals surface area contributed by atoms with Crippen LogP contribution < -0.4 is 0 Å². The molecule has 10 aliphatic rings. The van der Waals surface area contributed by atoms with Gasteiger partial charge in [0.2, 0.25) is 0 Å². The van der Waals surface area contributed by atoms with Crippen molar-refractivity contribution in [2.45, 2.75) is 44.2 Å². The molecule has 0 aromatic heterocycles. The number of carbonyl (C=O) groups excluding carboxylic acids is 1. The molecule has 24 heavy (non-hydrogen) atoms. The first-order valence-corrected chi connectivity index (χ1v) is 10.3. The Morgan fingerprint density at radius 3 is 2.42 bits per heavy atom. The molecule has 2 spiro atoms. The molecule has 0 amide bonds. The maximum Gasteiger partial charge on any atom is 0.313 e. The van der Waals surface area contributed by atoms with E-state index in [1.807, 2.05) is 0 Å². The third kappa shape index (κ3) is 0.680. The van der Waals surface area contributed by atoms with Crippen LogP contribution >= 0.6 is 0 Å². The molecule has 8 saturated carbocycles. The summed E-state index contributed by atoms with van der Waals surface area (Å²) in [6.07, 6.45) is 4.37. The topological polar surface area (TPSA) is 55.8 Å². The summed E-state index contributed by atoms with van der Waals surface area (Å²) >= 11 is 0. The van der Waals surface area contributed by atoms with E-state index in [-0.39, 0.29) is 29.0 Å². The van der Waals surface area contributed by atoms with Crippen LogP contribution in [0.2, 0.25) is 0 Å². The van der Waals surface area contributed by atoms with Crippen molar-refractivity contribution in [1.29, 1.82) is 0 Å². The van der Waals surface area contributed by atoms with Crippen molar-refractivity contribution in [3.63, 3.8) is 0 Å². The Hall–Kier alpha value is -0.610. The molecule has 0 radical (unpaired) electrons. The van der Waals surface area contributed by atoms with Gasteiger partial charge in [-0.25, -0.2) is 0 Å². The van der Waals surface area contributed by atoms with Gasteiger partial charge in [0.1, 0.15) is 6.10 Å². The highest BCUT2D eigenvalue weighted by molar-refractivity contribution is 5.85. The largest absolute Gasteiger partial charge is 0.462 e. The van der Waals surface area contributed by atoms with E-state index in [0.29, 0.717) is 59.2 Å². The van der Waals surface area contributed by atoms with Crippen LogP contribution in [0.1, 0.15) is 25.7 Å². The normalized spacial score (nSPS) is 81.9. The maximum absolute atomic E-state index is 13.6. The second-order valence-electron chi connectivity index (χ2n) is 10.7. The van der Waals surface area contributed by atoms with Crippen molar-refractivity contribution in [1.82, 2.24) is 0 Å². The van der Waals surface area contributed by atoms with Crippen LogP contribution in [0.15, 0.2) is 0 Å². The Bertz CT molecular complexity index is 747. The SMILES string of the molecule is O=C1O[C@@H]2CC[C@H]3[C@H]2[C@H]2[C@H]4[C@@H]5[C@H]6[C@@H]7CC[C@@H]8O[C@H](O)[C@]([C@@H]5[C@@H]78)([C@@H]34)[C@@]126. The second kappa shape index (κ2) is 2.90. The van der Waals surface area contributed by atoms with Gasteiger partial charge in [0.05, 0.1) is 11.5 Å². The summed E-state index contributed by atoms with van der Waals surface area (Å²) in [6, 6.07) is 0. The van der Waals surface area contributed by atoms with Gasteiger partial charge >= 0.3 is 5.97 Å². The summed E-state index contributed by atoms with van der Waals surface area (Å²) in [4.78, 5) is 13.6. The smallest absolute Gasteiger partial charge is 0.313 e. The number of aliphatic hydroxyl groups excluding tert-OH is 1. The van der Waals surface area contributed by atoms with Gasteiger partial charge in [-0.2, -0.15) is 0 Å². The Balaban J connectivity index is 1.44.